The smallest absolute Gasteiger partial charge is 0.379 e. The van der Waals surface area contributed by atoms with Crippen LogP contribution in [0.2, 0.25) is 0 Å². The molecule has 3 atom stereocenters. The number of nitrogens with one attached hydrogen (secondary N) is 2. The predicted octanol–water partition coefficient (Wildman–Crippen LogP) is 4.76. The minimum absolute atomic E-state index is 0.0320. The highest BCUT2D eigenvalue weighted by Crippen LogP contribution is 2.52. The van der Waals surface area contributed by atoms with E-state index in [4.69, 9.17) is 0 Å². The molecular formula is C21H17F5N2O2. The molecule has 1 aromatic heterocycles. The standard InChI is InChI=1S/C21H17F5N2O2/c1-10-9-20(30,21(24,25)26)19(14-8-11(22)2-3-12(10)14)27-16-6-5-15(23)18-13(16)4-7-17(29)28-18/h2-8,10,19,27,30H,9H2,1H3,(H,28,29)/t10-,19+,20-/m1/s1. The van der Waals surface area contributed by atoms with Gasteiger partial charge in [0.2, 0.25) is 5.56 Å². The van der Waals surface area contributed by atoms with E-state index in [0.29, 0.717) is 5.56 Å². The third kappa shape index (κ3) is 3.13. The van der Waals surface area contributed by atoms with Crippen LogP contribution in [0.25, 0.3) is 10.9 Å². The summed E-state index contributed by atoms with van der Waals surface area (Å²) in [5, 5.41) is 13.5. The predicted molar refractivity (Wildman–Crippen MR) is 101 cm³/mol. The second-order valence-electron chi connectivity index (χ2n) is 7.58. The van der Waals surface area contributed by atoms with Gasteiger partial charge in [-0.05, 0) is 53.8 Å². The monoisotopic (exact) mass is 424 g/mol. The van der Waals surface area contributed by atoms with E-state index in [9.17, 15) is 31.9 Å². The molecular weight excluding hydrogens is 407 g/mol. The number of halogens is 5. The minimum Gasteiger partial charge on any atom is -0.379 e. The van der Waals surface area contributed by atoms with Crippen molar-refractivity contribution < 1.29 is 27.1 Å². The molecule has 1 aliphatic rings. The molecule has 2 aromatic carbocycles. The first-order valence-electron chi connectivity index (χ1n) is 9.18. The van der Waals surface area contributed by atoms with E-state index in [1.54, 1.807) is 0 Å². The van der Waals surface area contributed by atoms with Crippen molar-refractivity contribution in [1.29, 1.82) is 0 Å². The van der Waals surface area contributed by atoms with Crippen molar-refractivity contribution in [2.24, 2.45) is 0 Å². The van der Waals surface area contributed by atoms with Gasteiger partial charge < -0.3 is 15.4 Å². The zero-order valence-electron chi connectivity index (χ0n) is 15.6. The zero-order valence-corrected chi connectivity index (χ0v) is 15.6. The Morgan fingerprint density at radius 3 is 2.53 bits per heavy atom. The quantitative estimate of drug-likeness (QED) is 0.520. The summed E-state index contributed by atoms with van der Waals surface area (Å²) in [4.78, 5) is 13.8. The molecule has 0 saturated heterocycles. The van der Waals surface area contributed by atoms with Gasteiger partial charge in [0.1, 0.15) is 11.6 Å². The Labute approximate surface area is 167 Å². The number of benzene rings is 2. The van der Waals surface area contributed by atoms with Crippen molar-refractivity contribution in [3.8, 4) is 0 Å². The van der Waals surface area contributed by atoms with Crippen molar-refractivity contribution in [2.75, 3.05) is 5.32 Å². The highest BCUT2D eigenvalue weighted by atomic mass is 19.4. The number of rotatable bonds is 2. The van der Waals surface area contributed by atoms with E-state index in [1.165, 1.54) is 25.1 Å². The Hall–Kier alpha value is -2.94. The number of aromatic amines is 1. The summed E-state index contributed by atoms with van der Waals surface area (Å²) in [7, 11) is 0. The molecule has 0 bridgehead atoms. The molecule has 0 fully saturated rings. The van der Waals surface area contributed by atoms with Gasteiger partial charge in [-0.25, -0.2) is 8.78 Å². The summed E-state index contributed by atoms with van der Waals surface area (Å²) in [5.74, 6) is -2.18. The Morgan fingerprint density at radius 2 is 1.83 bits per heavy atom. The van der Waals surface area contributed by atoms with Crippen LogP contribution in [-0.4, -0.2) is 21.9 Å². The van der Waals surface area contributed by atoms with Gasteiger partial charge in [0.15, 0.2) is 5.60 Å². The number of hydrogen-bond acceptors (Lipinski definition) is 3. The summed E-state index contributed by atoms with van der Waals surface area (Å²) >= 11 is 0. The van der Waals surface area contributed by atoms with Gasteiger partial charge >= 0.3 is 6.18 Å². The van der Waals surface area contributed by atoms with Crippen molar-refractivity contribution >= 4 is 16.6 Å². The van der Waals surface area contributed by atoms with E-state index in [1.807, 2.05) is 0 Å². The van der Waals surface area contributed by atoms with E-state index < -0.39 is 47.4 Å². The third-order valence-electron chi connectivity index (χ3n) is 5.62. The van der Waals surface area contributed by atoms with E-state index in [-0.39, 0.29) is 22.2 Å². The number of aromatic nitrogens is 1. The average Bonchev–Trinajstić information content (AvgIpc) is 2.66. The molecule has 4 nitrogen and oxygen atoms in total. The molecule has 0 aliphatic heterocycles. The zero-order chi connectivity index (χ0) is 21.8. The lowest BCUT2D eigenvalue weighted by atomic mass is 9.71. The van der Waals surface area contributed by atoms with Crippen LogP contribution in [0.4, 0.5) is 27.6 Å². The molecule has 30 heavy (non-hydrogen) atoms. The first-order chi connectivity index (χ1) is 14.0. The van der Waals surface area contributed by atoms with Gasteiger partial charge in [-0.1, -0.05) is 13.0 Å². The summed E-state index contributed by atoms with van der Waals surface area (Å²) in [5.41, 5.74) is -3.47. The number of pyridine rings is 1. The normalized spacial score (nSPS) is 24.0. The van der Waals surface area contributed by atoms with Crippen molar-refractivity contribution in [3.63, 3.8) is 0 Å². The van der Waals surface area contributed by atoms with Crippen LogP contribution >= 0.6 is 0 Å². The summed E-state index contributed by atoms with van der Waals surface area (Å²) < 4.78 is 70.0. The first kappa shape index (κ1) is 20.3. The third-order valence-corrected chi connectivity index (χ3v) is 5.62. The van der Waals surface area contributed by atoms with Crippen molar-refractivity contribution in [3.05, 3.63) is 75.6 Å². The maximum Gasteiger partial charge on any atom is 0.419 e. The fourth-order valence-corrected chi connectivity index (χ4v) is 4.17. The Morgan fingerprint density at radius 1 is 1.10 bits per heavy atom. The van der Waals surface area contributed by atoms with Crippen molar-refractivity contribution in [1.82, 2.24) is 4.98 Å². The summed E-state index contributed by atoms with van der Waals surface area (Å²) in [6, 6.07) is 6.36. The second kappa shape index (κ2) is 6.80. The van der Waals surface area contributed by atoms with Gasteiger partial charge in [0.25, 0.3) is 0 Å². The second-order valence-corrected chi connectivity index (χ2v) is 7.58. The minimum atomic E-state index is -5.02. The molecule has 0 unspecified atom stereocenters. The molecule has 9 heteroatoms. The molecule has 4 rings (SSSR count). The van der Waals surface area contributed by atoms with E-state index >= 15 is 0 Å². The molecule has 1 heterocycles. The van der Waals surface area contributed by atoms with Crippen molar-refractivity contribution in [2.45, 2.75) is 37.1 Å². The van der Waals surface area contributed by atoms with Crippen LogP contribution in [0, 0.1) is 11.6 Å². The Balaban J connectivity index is 1.92. The molecule has 158 valence electrons. The van der Waals surface area contributed by atoms with E-state index in [2.05, 4.69) is 10.3 Å². The molecule has 0 radical (unpaired) electrons. The maximum atomic E-state index is 14.1. The van der Waals surface area contributed by atoms with Gasteiger partial charge in [0.05, 0.1) is 11.6 Å². The van der Waals surface area contributed by atoms with Gasteiger partial charge in [-0.15, -0.1) is 0 Å². The largest absolute Gasteiger partial charge is 0.419 e. The molecule has 0 saturated carbocycles. The summed E-state index contributed by atoms with van der Waals surface area (Å²) in [6.07, 6.45) is -5.66. The molecule has 3 aromatic rings. The lowest BCUT2D eigenvalue weighted by Crippen LogP contribution is -2.55. The summed E-state index contributed by atoms with van der Waals surface area (Å²) in [6.45, 7) is 1.53. The van der Waals surface area contributed by atoms with Crippen LogP contribution in [-0.2, 0) is 0 Å². The lowest BCUT2D eigenvalue weighted by molar-refractivity contribution is -0.272. The number of H-pyrrole nitrogens is 1. The highest BCUT2D eigenvalue weighted by Gasteiger charge is 2.61. The van der Waals surface area contributed by atoms with Crippen LogP contribution in [0.15, 0.2) is 47.3 Å². The van der Waals surface area contributed by atoms with Crippen LogP contribution < -0.4 is 10.9 Å². The molecule has 0 amide bonds. The number of alkyl halides is 3. The highest BCUT2D eigenvalue weighted by molar-refractivity contribution is 5.91. The Bertz CT molecular complexity index is 1190. The van der Waals surface area contributed by atoms with Crippen LogP contribution in [0.5, 0.6) is 0 Å². The molecule has 3 N–H and O–H groups in total. The number of anilines is 1. The fourth-order valence-electron chi connectivity index (χ4n) is 4.17. The Kier molecular flexibility index (Phi) is 4.61. The number of aliphatic hydroxyl groups is 1. The maximum absolute atomic E-state index is 14.1. The van der Waals surface area contributed by atoms with E-state index in [0.717, 1.165) is 24.3 Å². The lowest BCUT2D eigenvalue weighted by Gasteiger charge is -2.45. The van der Waals surface area contributed by atoms with Gasteiger partial charge in [-0.3, -0.25) is 4.79 Å². The van der Waals surface area contributed by atoms with Gasteiger partial charge in [-0.2, -0.15) is 13.2 Å². The molecule has 1 aliphatic carbocycles. The van der Waals surface area contributed by atoms with Crippen LogP contribution in [0.1, 0.15) is 36.4 Å². The molecule has 0 spiro atoms. The number of hydrogen-bond donors (Lipinski definition) is 3. The van der Waals surface area contributed by atoms with Gasteiger partial charge in [0, 0.05) is 17.1 Å². The topological polar surface area (TPSA) is 65.1 Å². The first-order valence-corrected chi connectivity index (χ1v) is 9.18. The SMILES string of the molecule is C[C@@H]1C[C@](O)(C(F)(F)F)[C@@H](Nc2ccc(F)c3[nH]c(=O)ccc23)c2cc(F)ccc21. The van der Waals surface area contributed by atoms with Crippen LogP contribution in [0.3, 0.4) is 0 Å². The average molecular weight is 424 g/mol. The fraction of sp³-hybridized carbons (Fsp3) is 0.286. The number of fused-ring (bicyclic) bond motifs is 2.